The van der Waals surface area contributed by atoms with Gasteiger partial charge < -0.3 is 5.73 Å². The van der Waals surface area contributed by atoms with Crippen molar-refractivity contribution in [1.29, 1.82) is 0 Å². The van der Waals surface area contributed by atoms with Crippen molar-refractivity contribution in [2.45, 2.75) is 22.0 Å². The Bertz CT molecular complexity index is 523. The minimum absolute atomic E-state index is 0.0740. The predicted molar refractivity (Wildman–Crippen MR) is 70.0 cm³/mol. The standard InChI is InChI=1S/C14H12F3NS/c15-14(16,17)13(18)10-6-8-12(9-7-10)19-11-4-2-1-3-5-11/h1-9,13H,18H2/t13-/m0/s1. The largest absolute Gasteiger partial charge is 0.407 e. The van der Waals surface area contributed by atoms with Gasteiger partial charge >= 0.3 is 6.18 Å². The first-order valence-electron chi connectivity index (χ1n) is 5.62. The number of alkyl halides is 3. The van der Waals surface area contributed by atoms with E-state index in [4.69, 9.17) is 5.73 Å². The summed E-state index contributed by atoms with van der Waals surface area (Å²) in [5.41, 5.74) is 5.22. The first kappa shape index (κ1) is 14.0. The zero-order valence-electron chi connectivity index (χ0n) is 9.89. The van der Waals surface area contributed by atoms with Crippen LogP contribution in [-0.2, 0) is 0 Å². The third-order valence-corrected chi connectivity index (χ3v) is 3.59. The minimum Gasteiger partial charge on any atom is -0.316 e. The van der Waals surface area contributed by atoms with Crippen LogP contribution >= 0.6 is 11.8 Å². The van der Waals surface area contributed by atoms with Gasteiger partial charge in [-0.25, -0.2) is 0 Å². The fraction of sp³-hybridized carbons (Fsp3) is 0.143. The first-order chi connectivity index (χ1) is 8.97. The average Bonchev–Trinajstić information content (AvgIpc) is 2.39. The molecule has 2 aromatic rings. The summed E-state index contributed by atoms with van der Waals surface area (Å²) < 4.78 is 37.4. The zero-order chi connectivity index (χ0) is 13.9. The van der Waals surface area contributed by atoms with E-state index in [0.717, 1.165) is 9.79 Å². The van der Waals surface area contributed by atoms with Crippen LogP contribution < -0.4 is 5.73 Å². The molecule has 19 heavy (non-hydrogen) atoms. The number of benzene rings is 2. The zero-order valence-corrected chi connectivity index (χ0v) is 10.7. The van der Waals surface area contributed by atoms with Crippen molar-refractivity contribution in [3.63, 3.8) is 0 Å². The summed E-state index contributed by atoms with van der Waals surface area (Å²) in [6, 6.07) is 13.8. The molecule has 0 unspecified atom stereocenters. The van der Waals surface area contributed by atoms with Gasteiger partial charge in [0.2, 0.25) is 0 Å². The van der Waals surface area contributed by atoms with Crippen LogP contribution in [0.15, 0.2) is 64.4 Å². The van der Waals surface area contributed by atoms with Gasteiger partial charge in [-0.15, -0.1) is 0 Å². The van der Waals surface area contributed by atoms with Gasteiger partial charge in [-0.05, 0) is 29.8 Å². The van der Waals surface area contributed by atoms with Crippen molar-refractivity contribution in [3.8, 4) is 0 Å². The summed E-state index contributed by atoms with van der Waals surface area (Å²) in [6.45, 7) is 0. The van der Waals surface area contributed by atoms with Gasteiger partial charge in [0, 0.05) is 9.79 Å². The lowest BCUT2D eigenvalue weighted by Gasteiger charge is -2.16. The van der Waals surface area contributed by atoms with Crippen molar-refractivity contribution in [3.05, 3.63) is 60.2 Å². The van der Waals surface area contributed by atoms with Crippen molar-refractivity contribution >= 4 is 11.8 Å². The normalized spacial score (nSPS) is 13.3. The lowest BCUT2D eigenvalue weighted by atomic mass is 10.1. The molecule has 0 amide bonds. The van der Waals surface area contributed by atoms with E-state index < -0.39 is 12.2 Å². The molecule has 1 atom stereocenters. The maximum Gasteiger partial charge on any atom is 0.407 e. The third-order valence-electron chi connectivity index (χ3n) is 2.57. The molecule has 0 fully saturated rings. The van der Waals surface area contributed by atoms with E-state index >= 15 is 0 Å². The fourth-order valence-electron chi connectivity index (χ4n) is 1.56. The molecule has 2 aromatic carbocycles. The molecule has 2 rings (SSSR count). The Morgan fingerprint density at radius 3 is 1.89 bits per heavy atom. The van der Waals surface area contributed by atoms with E-state index in [-0.39, 0.29) is 5.56 Å². The molecule has 0 radical (unpaired) electrons. The second-order valence-corrected chi connectivity index (χ2v) is 5.15. The summed E-state index contributed by atoms with van der Waals surface area (Å²) in [5.74, 6) is 0. The second kappa shape index (κ2) is 5.67. The van der Waals surface area contributed by atoms with Crippen LogP contribution in [0.4, 0.5) is 13.2 Å². The van der Waals surface area contributed by atoms with Crippen molar-refractivity contribution < 1.29 is 13.2 Å². The smallest absolute Gasteiger partial charge is 0.316 e. The highest BCUT2D eigenvalue weighted by Crippen LogP contribution is 2.32. The molecular weight excluding hydrogens is 271 g/mol. The van der Waals surface area contributed by atoms with Crippen LogP contribution in [0.25, 0.3) is 0 Å². The number of halogens is 3. The van der Waals surface area contributed by atoms with Crippen molar-refractivity contribution in [1.82, 2.24) is 0 Å². The number of nitrogens with two attached hydrogens (primary N) is 1. The highest BCUT2D eigenvalue weighted by molar-refractivity contribution is 7.99. The van der Waals surface area contributed by atoms with Crippen LogP contribution in [0.2, 0.25) is 0 Å². The molecule has 1 nitrogen and oxygen atoms in total. The van der Waals surface area contributed by atoms with Gasteiger partial charge in [0.15, 0.2) is 0 Å². The quantitative estimate of drug-likeness (QED) is 0.903. The molecule has 0 bridgehead atoms. The van der Waals surface area contributed by atoms with E-state index in [1.807, 2.05) is 30.3 Å². The number of rotatable bonds is 3. The third kappa shape index (κ3) is 3.75. The molecule has 5 heteroatoms. The van der Waals surface area contributed by atoms with Gasteiger partial charge in [0.1, 0.15) is 6.04 Å². The average molecular weight is 283 g/mol. The molecule has 0 heterocycles. The Balaban J connectivity index is 2.11. The summed E-state index contributed by atoms with van der Waals surface area (Å²) in [5, 5.41) is 0. The summed E-state index contributed by atoms with van der Waals surface area (Å²) >= 11 is 1.49. The predicted octanol–water partition coefficient (Wildman–Crippen LogP) is 4.40. The van der Waals surface area contributed by atoms with E-state index in [1.165, 1.54) is 23.9 Å². The lowest BCUT2D eigenvalue weighted by molar-refractivity contribution is -0.149. The van der Waals surface area contributed by atoms with Crippen LogP contribution in [0.1, 0.15) is 11.6 Å². The van der Waals surface area contributed by atoms with E-state index in [1.54, 1.807) is 12.1 Å². The molecular formula is C14H12F3NS. The minimum atomic E-state index is -4.41. The Labute approximate surface area is 113 Å². The fourth-order valence-corrected chi connectivity index (χ4v) is 2.39. The molecule has 2 N–H and O–H groups in total. The van der Waals surface area contributed by atoms with Crippen molar-refractivity contribution in [2.24, 2.45) is 5.73 Å². The van der Waals surface area contributed by atoms with Gasteiger partial charge in [-0.2, -0.15) is 13.2 Å². The number of hydrogen-bond donors (Lipinski definition) is 1. The SMILES string of the molecule is N[C@@H](c1ccc(Sc2ccccc2)cc1)C(F)(F)F. The van der Waals surface area contributed by atoms with Crippen LogP contribution in [-0.4, -0.2) is 6.18 Å². The summed E-state index contributed by atoms with van der Waals surface area (Å²) in [4.78, 5) is 1.92. The highest BCUT2D eigenvalue weighted by atomic mass is 32.2. The Morgan fingerprint density at radius 2 is 1.37 bits per heavy atom. The summed E-state index contributed by atoms with van der Waals surface area (Å²) in [6.07, 6.45) is -4.41. The van der Waals surface area contributed by atoms with Crippen LogP contribution in [0.5, 0.6) is 0 Å². The molecule has 0 aromatic heterocycles. The van der Waals surface area contributed by atoms with Gasteiger partial charge in [-0.1, -0.05) is 42.1 Å². The molecule has 0 saturated heterocycles. The Kier molecular flexibility index (Phi) is 4.17. The van der Waals surface area contributed by atoms with Crippen molar-refractivity contribution in [2.75, 3.05) is 0 Å². The molecule has 0 aliphatic rings. The Morgan fingerprint density at radius 1 is 0.842 bits per heavy atom. The first-order valence-corrected chi connectivity index (χ1v) is 6.43. The topological polar surface area (TPSA) is 26.0 Å². The maximum atomic E-state index is 12.5. The van der Waals surface area contributed by atoms with Crippen LogP contribution in [0, 0.1) is 0 Å². The van der Waals surface area contributed by atoms with E-state index in [2.05, 4.69) is 0 Å². The maximum absolute atomic E-state index is 12.5. The molecule has 100 valence electrons. The summed E-state index contributed by atoms with van der Waals surface area (Å²) in [7, 11) is 0. The van der Waals surface area contributed by atoms with E-state index in [0.29, 0.717) is 0 Å². The van der Waals surface area contributed by atoms with Crippen LogP contribution in [0.3, 0.4) is 0 Å². The Hall–Kier alpha value is -1.46. The van der Waals surface area contributed by atoms with Gasteiger partial charge in [0.25, 0.3) is 0 Å². The lowest BCUT2D eigenvalue weighted by Crippen LogP contribution is -2.28. The second-order valence-electron chi connectivity index (χ2n) is 4.00. The molecule has 0 spiro atoms. The van der Waals surface area contributed by atoms with E-state index in [9.17, 15) is 13.2 Å². The number of hydrogen-bond acceptors (Lipinski definition) is 2. The highest BCUT2D eigenvalue weighted by Gasteiger charge is 2.37. The molecule has 0 saturated carbocycles. The van der Waals surface area contributed by atoms with Gasteiger partial charge in [0.05, 0.1) is 0 Å². The monoisotopic (exact) mass is 283 g/mol. The molecule has 0 aliphatic heterocycles. The van der Waals surface area contributed by atoms with Gasteiger partial charge in [-0.3, -0.25) is 0 Å². The molecule has 0 aliphatic carbocycles.